The van der Waals surface area contributed by atoms with Crippen molar-refractivity contribution >= 4 is 11.9 Å². The zero-order valence-corrected chi connectivity index (χ0v) is 11.5. The molecule has 1 atom stereocenters. The summed E-state index contributed by atoms with van der Waals surface area (Å²) in [6.45, 7) is 0.215. The highest BCUT2D eigenvalue weighted by molar-refractivity contribution is 5.88. The lowest BCUT2D eigenvalue weighted by Gasteiger charge is -2.15. The summed E-state index contributed by atoms with van der Waals surface area (Å²) in [6, 6.07) is 5.33. The molecule has 0 spiro atoms. The van der Waals surface area contributed by atoms with E-state index in [0.29, 0.717) is 24.5 Å². The third-order valence-electron chi connectivity index (χ3n) is 3.43. The van der Waals surface area contributed by atoms with E-state index in [2.05, 4.69) is 0 Å². The lowest BCUT2D eigenvalue weighted by molar-refractivity contribution is -0.143. The highest BCUT2D eigenvalue weighted by atomic mass is 16.5. The number of rotatable bonds is 5. The van der Waals surface area contributed by atoms with Crippen LogP contribution >= 0.6 is 0 Å². The van der Waals surface area contributed by atoms with Gasteiger partial charge < -0.3 is 19.5 Å². The Kier molecular flexibility index (Phi) is 4.12. The normalized spacial score (nSPS) is 18.2. The van der Waals surface area contributed by atoms with Crippen LogP contribution in [0.15, 0.2) is 18.2 Å². The highest BCUT2D eigenvalue weighted by Crippen LogP contribution is 2.34. The molecule has 1 aromatic carbocycles. The number of nitrogens with zero attached hydrogens (tertiary/aromatic N) is 1. The third kappa shape index (κ3) is 2.68. The maximum Gasteiger partial charge on any atom is 0.323 e. The summed E-state index contributed by atoms with van der Waals surface area (Å²) in [5.41, 5.74) is 0.820. The van der Waals surface area contributed by atoms with E-state index in [1.54, 1.807) is 19.2 Å². The summed E-state index contributed by atoms with van der Waals surface area (Å²) < 4.78 is 10.4. The first-order valence-electron chi connectivity index (χ1n) is 6.29. The van der Waals surface area contributed by atoms with Crippen LogP contribution in [0.2, 0.25) is 0 Å². The van der Waals surface area contributed by atoms with Gasteiger partial charge in [0.05, 0.1) is 20.1 Å². The van der Waals surface area contributed by atoms with Crippen molar-refractivity contribution < 1.29 is 24.2 Å². The van der Waals surface area contributed by atoms with Crippen molar-refractivity contribution in [2.45, 2.75) is 12.3 Å². The fourth-order valence-electron chi connectivity index (χ4n) is 2.44. The first-order valence-corrected chi connectivity index (χ1v) is 6.29. The Morgan fingerprint density at radius 3 is 2.65 bits per heavy atom. The predicted molar refractivity (Wildman–Crippen MR) is 71.1 cm³/mol. The number of hydrogen-bond acceptors (Lipinski definition) is 4. The molecule has 0 aliphatic carbocycles. The topological polar surface area (TPSA) is 76.1 Å². The second-order valence-electron chi connectivity index (χ2n) is 4.61. The van der Waals surface area contributed by atoms with Gasteiger partial charge in [-0.25, -0.2) is 0 Å². The number of carbonyl (C=O) groups excluding carboxylic acids is 1. The van der Waals surface area contributed by atoms with Gasteiger partial charge in [0.2, 0.25) is 5.91 Å². The maximum absolute atomic E-state index is 12.2. The van der Waals surface area contributed by atoms with Crippen molar-refractivity contribution in [3.05, 3.63) is 23.8 Å². The summed E-state index contributed by atoms with van der Waals surface area (Å²) >= 11 is 0. The van der Waals surface area contributed by atoms with Crippen molar-refractivity contribution in [1.29, 1.82) is 0 Å². The van der Waals surface area contributed by atoms with Crippen LogP contribution in [0.3, 0.4) is 0 Å². The van der Waals surface area contributed by atoms with Gasteiger partial charge in [-0.05, 0) is 24.1 Å². The zero-order valence-electron chi connectivity index (χ0n) is 11.5. The zero-order chi connectivity index (χ0) is 14.7. The van der Waals surface area contributed by atoms with E-state index in [9.17, 15) is 9.59 Å². The Hall–Kier alpha value is -2.24. The minimum absolute atomic E-state index is 0.153. The van der Waals surface area contributed by atoms with Crippen molar-refractivity contribution in [2.75, 3.05) is 27.3 Å². The average molecular weight is 279 g/mol. The molecule has 0 saturated carbocycles. The molecule has 0 bridgehead atoms. The summed E-state index contributed by atoms with van der Waals surface area (Å²) in [6.07, 6.45) is 0.613. The summed E-state index contributed by atoms with van der Waals surface area (Å²) in [5, 5.41) is 8.77. The van der Waals surface area contributed by atoms with Crippen molar-refractivity contribution in [2.24, 2.45) is 0 Å². The molecule has 6 heteroatoms. The maximum atomic E-state index is 12.2. The van der Waals surface area contributed by atoms with E-state index >= 15 is 0 Å². The Bertz CT molecular complexity index is 528. The molecule has 0 aromatic heterocycles. The van der Waals surface area contributed by atoms with E-state index in [1.807, 2.05) is 6.07 Å². The van der Waals surface area contributed by atoms with Gasteiger partial charge in [0, 0.05) is 6.54 Å². The molecule has 20 heavy (non-hydrogen) atoms. The SMILES string of the molecule is COc1ccc(C2CCN(CC(=O)O)C2=O)cc1OC. The van der Waals surface area contributed by atoms with Crippen LogP contribution in [0.25, 0.3) is 0 Å². The van der Waals surface area contributed by atoms with Crippen LogP contribution in [0.1, 0.15) is 17.9 Å². The molecule has 2 rings (SSSR count). The Morgan fingerprint density at radius 2 is 2.05 bits per heavy atom. The molecule has 1 amide bonds. The smallest absolute Gasteiger partial charge is 0.323 e. The van der Waals surface area contributed by atoms with Gasteiger partial charge in [0.25, 0.3) is 0 Å². The van der Waals surface area contributed by atoms with E-state index in [-0.39, 0.29) is 18.4 Å². The van der Waals surface area contributed by atoms with Gasteiger partial charge >= 0.3 is 5.97 Å². The average Bonchev–Trinajstić information content (AvgIpc) is 2.79. The van der Waals surface area contributed by atoms with E-state index in [4.69, 9.17) is 14.6 Å². The predicted octanol–water partition coefficient (Wildman–Crippen LogP) is 1.10. The Morgan fingerprint density at radius 1 is 1.35 bits per heavy atom. The second-order valence-corrected chi connectivity index (χ2v) is 4.61. The van der Waals surface area contributed by atoms with Crippen LogP contribution in [0, 0.1) is 0 Å². The van der Waals surface area contributed by atoms with Crippen LogP contribution in [-0.2, 0) is 9.59 Å². The van der Waals surface area contributed by atoms with Crippen LogP contribution in [0.4, 0.5) is 0 Å². The Balaban J connectivity index is 2.20. The molecule has 1 aliphatic rings. The van der Waals surface area contributed by atoms with Gasteiger partial charge in [-0.2, -0.15) is 0 Å². The number of carboxylic acid groups (broad SMARTS) is 1. The van der Waals surface area contributed by atoms with Crippen molar-refractivity contribution in [3.63, 3.8) is 0 Å². The largest absolute Gasteiger partial charge is 0.493 e. The molecule has 1 aromatic rings. The van der Waals surface area contributed by atoms with E-state index < -0.39 is 5.97 Å². The lowest BCUT2D eigenvalue weighted by atomic mass is 9.97. The van der Waals surface area contributed by atoms with Crippen LogP contribution < -0.4 is 9.47 Å². The first kappa shape index (κ1) is 14.2. The second kappa shape index (κ2) is 5.81. The molecule has 6 nitrogen and oxygen atoms in total. The van der Waals surface area contributed by atoms with Gasteiger partial charge in [-0.15, -0.1) is 0 Å². The minimum atomic E-state index is -0.994. The lowest BCUT2D eigenvalue weighted by Crippen LogP contribution is -2.32. The number of ether oxygens (including phenoxy) is 2. The first-order chi connectivity index (χ1) is 9.56. The fraction of sp³-hybridized carbons (Fsp3) is 0.429. The monoisotopic (exact) mass is 279 g/mol. The quantitative estimate of drug-likeness (QED) is 0.873. The molecule has 1 heterocycles. The minimum Gasteiger partial charge on any atom is -0.493 e. The van der Waals surface area contributed by atoms with Crippen molar-refractivity contribution in [3.8, 4) is 11.5 Å². The number of aliphatic carboxylic acids is 1. The summed E-state index contributed by atoms with van der Waals surface area (Å²) in [5.74, 6) is -0.293. The molecule has 1 N–H and O–H groups in total. The molecule has 108 valence electrons. The number of amides is 1. The van der Waals surface area contributed by atoms with E-state index in [1.165, 1.54) is 12.0 Å². The standard InChI is InChI=1S/C14H17NO5/c1-19-11-4-3-9(7-12(11)20-2)10-5-6-15(14(10)18)8-13(16)17/h3-4,7,10H,5-6,8H2,1-2H3,(H,16,17). The molecule has 0 radical (unpaired) electrons. The molecule has 1 saturated heterocycles. The van der Waals surface area contributed by atoms with Gasteiger partial charge in [0.1, 0.15) is 6.54 Å². The van der Waals surface area contributed by atoms with Crippen LogP contribution in [0.5, 0.6) is 11.5 Å². The summed E-state index contributed by atoms with van der Waals surface area (Å²) in [7, 11) is 3.08. The number of benzene rings is 1. The van der Waals surface area contributed by atoms with E-state index in [0.717, 1.165) is 5.56 Å². The molecule has 1 unspecified atom stereocenters. The third-order valence-corrected chi connectivity index (χ3v) is 3.43. The van der Waals surface area contributed by atoms with Crippen LogP contribution in [-0.4, -0.2) is 49.2 Å². The van der Waals surface area contributed by atoms with Gasteiger partial charge in [-0.3, -0.25) is 9.59 Å². The Labute approximate surface area is 116 Å². The molecule has 1 aliphatic heterocycles. The number of carboxylic acids is 1. The molecular weight excluding hydrogens is 262 g/mol. The van der Waals surface area contributed by atoms with Crippen molar-refractivity contribution in [1.82, 2.24) is 4.90 Å². The van der Waals surface area contributed by atoms with Gasteiger partial charge in [0.15, 0.2) is 11.5 Å². The summed E-state index contributed by atoms with van der Waals surface area (Å²) in [4.78, 5) is 24.2. The number of hydrogen-bond donors (Lipinski definition) is 1. The molecular formula is C14H17NO5. The highest BCUT2D eigenvalue weighted by Gasteiger charge is 2.34. The fourth-order valence-corrected chi connectivity index (χ4v) is 2.44. The number of carbonyl (C=O) groups is 2. The number of methoxy groups -OCH3 is 2. The molecule has 1 fully saturated rings. The number of likely N-dealkylation sites (tertiary alicyclic amines) is 1. The van der Waals surface area contributed by atoms with Gasteiger partial charge in [-0.1, -0.05) is 6.07 Å².